The van der Waals surface area contributed by atoms with Crippen LogP contribution >= 0.6 is 0 Å². The highest BCUT2D eigenvalue weighted by atomic mass is 15.6. The van der Waals surface area contributed by atoms with Gasteiger partial charge in [-0.1, -0.05) is 37.3 Å². The van der Waals surface area contributed by atoms with Gasteiger partial charge in [0.05, 0.1) is 12.6 Å². The summed E-state index contributed by atoms with van der Waals surface area (Å²) in [6.07, 6.45) is 0. The summed E-state index contributed by atoms with van der Waals surface area (Å²) in [5, 5.41) is 15.1. The lowest BCUT2D eigenvalue weighted by Crippen LogP contribution is -2.19. The predicted octanol–water partition coefficient (Wildman–Crippen LogP) is 1.39. The van der Waals surface area contributed by atoms with Crippen LogP contribution in [-0.4, -0.2) is 26.8 Å². The van der Waals surface area contributed by atoms with Gasteiger partial charge < -0.3 is 5.32 Å². The molecule has 0 bridgehead atoms. The van der Waals surface area contributed by atoms with E-state index in [1.54, 1.807) is 0 Å². The van der Waals surface area contributed by atoms with Gasteiger partial charge in [-0.05, 0) is 29.5 Å². The Morgan fingerprint density at radius 2 is 2.06 bits per heavy atom. The van der Waals surface area contributed by atoms with Crippen LogP contribution in [-0.2, 0) is 6.54 Å². The predicted molar refractivity (Wildman–Crippen MR) is 65.5 cm³/mol. The minimum Gasteiger partial charge on any atom is -0.310 e. The topological polar surface area (TPSA) is 55.6 Å². The summed E-state index contributed by atoms with van der Waals surface area (Å²) in [6.45, 7) is 5.77. The van der Waals surface area contributed by atoms with Gasteiger partial charge in [-0.25, -0.2) is 4.68 Å². The zero-order chi connectivity index (χ0) is 12.1. The summed E-state index contributed by atoms with van der Waals surface area (Å²) in [4.78, 5) is 0. The molecule has 1 heterocycles. The normalized spacial score (nSPS) is 12.6. The van der Waals surface area contributed by atoms with Crippen molar-refractivity contribution in [2.45, 2.75) is 26.4 Å². The second-order valence-electron chi connectivity index (χ2n) is 3.91. The summed E-state index contributed by atoms with van der Waals surface area (Å²) >= 11 is 0. The number of hydrogen-bond donors (Lipinski definition) is 1. The molecule has 1 N–H and O–H groups in total. The molecule has 0 amide bonds. The first-order valence-electron chi connectivity index (χ1n) is 5.85. The maximum atomic E-state index is 4.06. The fourth-order valence-electron chi connectivity index (χ4n) is 1.74. The van der Waals surface area contributed by atoms with Crippen LogP contribution < -0.4 is 5.32 Å². The first-order chi connectivity index (χ1) is 8.33. The Hall–Kier alpha value is -1.75. The summed E-state index contributed by atoms with van der Waals surface area (Å²) < 4.78 is 1.86. The SMILES string of the molecule is CCNCc1nnnn1C(C)c1ccccc1. The third kappa shape index (κ3) is 2.68. The smallest absolute Gasteiger partial charge is 0.165 e. The first-order valence-corrected chi connectivity index (χ1v) is 5.85. The highest BCUT2D eigenvalue weighted by molar-refractivity contribution is 5.18. The summed E-state index contributed by atoms with van der Waals surface area (Å²) in [6, 6.07) is 10.4. The molecule has 5 nitrogen and oxygen atoms in total. The minimum absolute atomic E-state index is 0.153. The van der Waals surface area contributed by atoms with Crippen molar-refractivity contribution in [2.24, 2.45) is 0 Å². The average Bonchev–Trinajstić information content (AvgIpc) is 2.84. The number of hydrogen-bond acceptors (Lipinski definition) is 4. The zero-order valence-electron chi connectivity index (χ0n) is 10.2. The van der Waals surface area contributed by atoms with Gasteiger partial charge in [-0.2, -0.15) is 0 Å². The summed E-state index contributed by atoms with van der Waals surface area (Å²) in [7, 11) is 0. The van der Waals surface area contributed by atoms with Gasteiger partial charge in [0.2, 0.25) is 0 Å². The van der Waals surface area contributed by atoms with Crippen molar-refractivity contribution in [1.82, 2.24) is 25.5 Å². The van der Waals surface area contributed by atoms with Gasteiger partial charge in [0.25, 0.3) is 0 Å². The minimum atomic E-state index is 0.153. The van der Waals surface area contributed by atoms with Gasteiger partial charge in [-0.15, -0.1) is 5.10 Å². The van der Waals surface area contributed by atoms with E-state index in [1.165, 1.54) is 5.56 Å². The lowest BCUT2D eigenvalue weighted by Gasteiger charge is -2.13. The largest absolute Gasteiger partial charge is 0.310 e. The quantitative estimate of drug-likeness (QED) is 0.845. The first kappa shape index (κ1) is 11.7. The second kappa shape index (κ2) is 5.54. The van der Waals surface area contributed by atoms with E-state index < -0.39 is 0 Å². The molecule has 90 valence electrons. The molecule has 1 aromatic heterocycles. The monoisotopic (exact) mass is 231 g/mol. The zero-order valence-corrected chi connectivity index (χ0v) is 10.2. The Balaban J connectivity index is 2.19. The Bertz CT molecular complexity index is 451. The second-order valence-corrected chi connectivity index (χ2v) is 3.91. The number of nitrogens with zero attached hydrogens (tertiary/aromatic N) is 4. The molecule has 2 rings (SSSR count). The molecule has 1 unspecified atom stereocenters. The van der Waals surface area contributed by atoms with Crippen LogP contribution in [0.15, 0.2) is 30.3 Å². The maximum absolute atomic E-state index is 4.06. The van der Waals surface area contributed by atoms with Crippen molar-refractivity contribution in [3.05, 3.63) is 41.7 Å². The molecule has 0 aliphatic heterocycles. The fourth-order valence-corrected chi connectivity index (χ4v) is 1.74. The Morgan fingerprint density at radius 1 is 1.29 bits per heavy atom. The molecular formula is C12H17N5. The van der Waals surface area contributed by atoms with Crippen LogP contribution in [0.4, 0.5) is 0 Å². The average molecular weight is 231 g/mol. The maximum Gasteiger partial charge on any atom is 0.165 e. The molecule has 0 saturated heterocycles. The number of benzene rings is 1. The lowest BCUT2D eigenvalue weighted by atomic mass is 10.1. The van der Waals surface area contributed by atoms with Crippen LogP contribution in [0.25, 0.3) is 0 Å². The number of rotatable bonds is 5. The fraction of sp³-hybridized carbons (Fsp3) is 0.417. The van der Waals surface area contributed by atoms with Crippen molar-refractivity contribution in [1.29, 1.82) is 0 Å². The number of aromatic nitrogens is 4. The van der Waals surface area contributed by atoms with E-state index in [-0.39, 0.29) is 6.04 Å². The molecule has 0 spiro atoms. The van der Waals surface area contributed by atoms with E-state index in [1.807, 2.05) is 22.9 Å². The third-order valence-electron chi connectivity index (χ3n) is 2.74. The number of nitrogens with one attached hydrogen (secondary N) is 1. The van der Waals surface area contributed by atoms with E-state index in [2.05, 4.69) is 46.8 Å². The molecule has 5 heteroatoms. The molecule has 1 atom stereocenters. The van der Waals surface area contributed by atoms with Gasteiger partial charge in [0, 0.05) is 0 Å². The summed E-state index contributed by atoms with van der Waals surface area (Å²) in [5.74, 6) is 0.864. The van der Waals surface area contributed by atoms with Crippen molar-refractivity contribution in [3.63, 3.8) is 0 Å². The van der Waals surface area contributed by atoms with Gasteiger partial charge in [0.1, 0.15) is 0 Å². The van der Waals surface area contributed by atoms with Crippen LogP contribution in [0.3, 0.4) is 0 Å². The van der Waals surface area contributed by atoms with E-state index in [0.29, 0.717) is 6.54 Å². The van der Waals surface area contributed by atoms with E-state index in [9.17, 15) is 0 Å². The third-order valence-corrected chi connectivity index (χ3v) is 2.74. The van der Waals surface area contributed by atoms with Crippen molar-refractivity contribution >= 4 is 0 Å². The standard InChI is InChI=1S/C12H17N5/c1-3-13-9-12-14-15-16-17(12)10(2)11-7-5-4-6-8-11/h4-8,10,13H,3,9H2,1-2H3. The van der Waals surface area contributed by atoms with E-state index in [0.717, 1.165) is 12.4 Å². The molecule has 0 fully saturated rings. The van der Waals surface area contributed by atoms with E-state index >= 15 is 0 Å². The molecule has 0 saturated carbocycles. The van der Waals surface area contributed by atoms with Gasteiger partial charge >= 0.3 is 0 Å². The van der Waals surface area contributed by atoms with E-state index in [4.69, 9.17) is 0 Å². The summed E-state index contributed by atoms with van der Waals surface area (Å²) in [5.41, 5.74) is 1.21. The number of tetrazole rings is 1. The van der Waals surface area contributed by atoms with Crippen molar-refractivity contribution < 1.29 is 0 Å². The van der Waals surface area contributed by atoms with Crippen molar-refractivity contribution in [2.75, 3.05) is 6.54 Å². The highest BCUT2D eigenvalue weighted by Crippen LogP contribution is 2.16. The Kier molecular flexibility index (Phi) is 3.82. The lowest BCUT2D eigenvalue weighted by molar-refractivity contribution is 0.508. The molecule has 0 radical (unpaired) electrons. The van der Waals surface area contributed by atoms with Crippen LogP contribution in [0.2, 0.25) is 0 Å². The Morgan fingerprint density at radius 3 is 2.76 bits per heavy atom. The van der Waals surface area contributed by atoms with Crippen LogP contribution in [0, 0.1) is 0 Å². The molecule has 2 aromatic rings. The van der Waals surface area contributed by atoms with Gasteiger partial charge in [0.15, 0.2) is 5.82 Å². The van der Waals surface area contributed by atoms with Gasteiger partial charge in [-0.3, -0.25) is 0 Å². The highest BCUT2D eigenvalue weighted by Gasteiger charge is 2.13. The van der Waals surface area contributed by atoms with Crippen molar-refractivity contribution in [3.8, 4) is 0 Å². The molecule has 0 aliphatic rings. The Labute approximate surface area is 101 Å². The van der Waals surface area contributed by atoms with Crippen LogP contribution in [0.1, 0.15) is 31.3 Å². The molecule has 1 aromatic carbocycles. The molecule has 0 aliphatic carbocycles. The van der Waals surface area contributed by atoms with Crippen LogP contribution in [0.5, 0.6) is 0 Å². The molecular weight excluding hydrogens is 214 g/mol. The molecule has 17 heavy (non-hydrogen) atoms.